The molecule has 0 amide bonds. The van der Waals surface area contributed by atoms with Gasteiger partial charge in [0.25, 0.3) is 10.2 Å². The molecule has 0 aromatic rings. The summed E-state index contributed by atoms with van der Waals surface area (Å²) in [4.78, 5) is 0. The third-order valence-corrected chi connectivity index (χ3v) is 6.02. The molecule has 108 valence electrons. The van der Waals surface area contributed by atoms with Crippen molar-refractivity contribution in [3.63, 3.8) is 0 Å². The molecule has 0 aromatic heterocycles. The van der Waals surface area contributed by atoms with E-state index in [0.717, 1.165) is 32.1 Å². The summed E-state index contributed by atoms with van der Waals surface area (Å²) >= 11 is 0. The van der Waals surface area contributed by atoms with Crippen LogP contribution in [0, 0.1) is 0 Å². The zero-order valence-corrected chi connectivity index (χ0v) is 12.5. The van der Waals surface area contributed by atoms with Crippen LogP contribution in [-0.4, -0.2) is 48.7 Å². The van der Waals surface area contributed by atoms with Crippen molar-refractivity contribution >= 4 is 22.6 Å². The summed E-state index contributed by atoms with van der Waals surface area (Å²) < 4.78 is 28.2. The molecule has 0 radical (unpaired) electrons. The first-order valence-electron chi connectivity index (χ1n) is 6.54. The molecule has 2 aliphatic heterocycles. The zero-order chi connectivity index (χ0) is 12.5. The number of nitrogens with zero attached hydrogens (tertiary/aromatic N) is 2. The van der Waals surface area contributed by atoms with Crippen LogP contribution < -0.4 is 5.73 Å². The van der Waals surface area contributed by atoms with Gasteiger partial charge in [-0.05, 0) is 32.6 Å². The molecule has 1 unspecified atom stereocenters. The van der Waals surface area contributed by atoms with Gasteiger partial charge in [-0.2, -0.15) is 17.0 Å². The Kier molecular flexibility index (Phi) is 5.86. The van der Waals surface area contributed by atoms with E-state index in [4.69, 9.17) is 5.73 Å². The van der Waals surface area contributed by atoms with Gasteiger partial charge in [0.15, 0.2) is 0 Å². The van der Waals surface area contributed by atoms with E-state index >= 15 is 0 Å². The third-order valence-electron chi connectivity index (χ3n) is 3.86. The van der Waals surface area contributed by atoms with E-state index in [2.05, 4.69) is 0 Å². The Morgan fingerprint density at radius 2 is 1.67 bits per heavy atom. The Labute approximate surface area is 116 Å². The second-order valence-electron chi connectivity index (χ2n) is 5.20. The Hall–Kier alpha value is 0.120. The molecule has 0 spiro atoms. The van der Waals surface area contributed by atoms with E-state index < -0.39 is 10.2 Å². The minimum Gasteiger partial charge on any atom is -0.328 e. The van der Waals surface area contributed by atoms with Crippen LogP contribution in [0.1, 0.15) is 39.0 Å². The zero-order valence-electron chi connectivity index (χ0n) is 10.9. The van der Waals surface area contributed by atoms with Crippen LogP contribution in [0.3, 0.4) is 0 Å². The minimum absolute atomic E-state index is 0. The molecule has 0 aromatic carbocycles. The van der Waals surface area contributed by atoms with Crippen molar-refractivity contribution in [2.24, 2.45) is 5.73 Å². The topological polar surface area (TPSA) is 66.6 Å². The lowest BCUT2D eigenvalue weighted by Gasteiger charge is -2.38. The monoisotopic (exact) mass is 297 g/mol. The number of piperidine rings is 2. The van der Waals surface area contributed by atoms with Gasteiger partial charge in [0.2, 0.25) is 0 Å². The van der Waals surface area contributed by atoms with Gasteiger partial charge in [-0.15, -0.1) is 12.4 Å². The van der Waals surface area contributed by atoms with E-state index in [0.29, 0.717) is 19.6 Å². The van der Waals surface area contributed by atoms with E-state index in [1.807, 2.05) is 6.92 Å². The van der Waals surface area contributed by atoms with Crippen molar-refractivity contribution in [3.05, 3.63) is 0 Å². The fraction of sp³-hybridized carbons (Fsp3) is 1.00. The average Bonchev–Trinajstić information content (AvgIpc) is 2.30. The third kappa shape index (κ3) is 3.36. The summed E-state index contributed by atoms with van der Waals surface area (Å²) in [7, 11) is -3.25. The number of nitrogens with two attached hydrogens (primary N) is 1. The maximum absolute atomic E-state index is 12.5. The van der Waals surface area contributed by atoms with Crippen LogP contribution in [0.2, 0.25) is 0 Å². The van der Waals surface area contributed by atoms with Gasteiger partial charge < -0.3 is 5.73 Å². The Balaban J connectivity index is 0.00000162. The van der Waals surface area contributed by atoms with E-state index in [1.165, 1.54) is 0 Å². The first kappa shape index (κ1) is 16.2. The largest absolute Gasteiger partial charge is 0.328 e. The number of hydrogen-bond acceptors (Lipinski definition) is 3. The van der Waals surface area contributed by atoms with Gasteiger partial charge in [0.05, 0.1) is 0 Å². The van der Waals surface area contributed by atoms with Crippen molar-refractivity contribution in [2.45, 2.75) is 51.1 Å². The second kappa shape index (κ2) is 6.52. The Morgan fingerprint density at radius 1 is 1.06 bits per heavy atom. The number of rotatable bonds is 2. The molecule has 1 atom stereocenters. The smallest absolute Gasteiger partial charge is 0.282 e. The average molecular weight is 298 g/mol. The van der Waals surface area contributed by atoms with Crippen molar-refractivity contribution in [1.29, 1.82) is 0 Å². The summed E-state index contributed by atoms with van der Waals surface area (Å²) in [6.45, 7) is 3.83. The summed E-state index contributed by atoms with van der Waals surface area (Å²) in [5, 5.41) is 0. The normalized spacial score (nSPS) is 28.9. The van der Waals surface area contributed by atoms with Crippen LogP contribution in [0.4, 0.5) is 0 Å². The van der Waals surface area contributed by atoms with Gasteiger partial charge in [-0.25, -0.2) is 0 Å². The molecular formula is C11H24ClN3O2S. The van der Waals surface area contributed by atoms with Gasteiger partial charge in [-0.1, -0.05) is 6.42 Å². The molecule has 0 saturated carbocycles. The van der Waals surface area contributed by atoms with Crippen LogP contribution in [-0.2, 0) is 10.2 Å². The van der Waals surface area contributed by atoms with Gasteiger partial charge in [0.1, 0.15) is 0 Å². The van der Waals surface area contributed by atoms with Crippen LogP contribution in [0.5, 0.6) is 0 Å². The predicted octanol–water partition coefficient (Wildman–Crippen LogP) is 0.950. The first-order valence-corrected chi connectivity index (χ1v) is 7.94. The summed E-state index contributed by atoms with van der Waals surface area (Å²) in [6, 6.07) is 0.310. The van der Waals surface area contributed by atoms with E-state index in [1.54, 1.807) is 8.61 Å². The van der Waals surface area contributed by atoms with E-state index in [-0.39, 0.29) is 24.5 Å². The lowest BCUT2D eigenvalue weighted by Crippen LogP contribution is -2.52. The molecule has 5 nitrogen and oxygen atoms in total. The summed E-state index contributed by atoms with van der Waals surface area (Å²) in [5.74, 6) is 0. The Bertz CT molecular complexity index is 355. The fourth-order valence-electron chi connectivity index (χ4n) is 2.67. The van der Waals surface area contributed by atoms with Gasteiger partial charge >= 0.3 is 0 Å². The highest BCUT2D eigenvalue weighted by atomic mass is 35.5. The molecule has 0 aliphatic carbocycles. The molecule has 2 aliphatic rings. The standard InChI is InChI=1S/C11H23N3O2S.ClH/c1-10-4-2-3-7-14(10)17(15,16)13-8-5-11(12)6-9-13;/h10-11H,2-9,12H2,1H3;1H. The molecule has 2 rings (SSSR count). The van der Waals surface area contributed by atoms with Crippen LogP contribution in [0.15, 0.2) is 0 Å². The SMILES string of the molecule is CC1CCCCN1S(=O)(=O)N1CCC(N)CC1.Cl. The highest BCUT2D eigenvalue weighted by Gasteiger charge is 2.35. The summed E-state index contributed by atoms with van der Waals surface area (Å²) in [6.07, 6.45) is 4.66. The lowest BCUT2D eigenvalue weighted by atomic mass is 10.1. The first-order chi connectivity index (χ1) is 8.01. The molecule has 2 fully saturated rings. The maximum atomic E-state index is 12.5. The van der Waals surface area contributed by atoms with Crippen molar-refractivity contribution in [3.8, 4) is 0 Å². The van der Waals surface area contributed by atoms with Crippen molar-refractivity contribution < 1.29 is 8.42 Å². The van der Waals surface area contributed by atoms with Crippen molar-refractivity contribution in [2.75, 3.05) is 19.6 Å². The highest BCUT2D eigenvalue weighted by molar-refractivity contribution is 7.86. The molecule has 2 heterocycles. The minimum atomic E-state index is -3.25. The molecule has 7 heteroatoms. The van der Waals surface area contributed by atoms with Crippen LogP contribution >= 0.6 is 12.4 Å². The van der Waals surface area contributed by atoms with Crippen molar-refractivity contribution in [1.82, 2.24) is 8.61 Å². The highest BCUT2D eigenvalue weighted by Crippen LogP contribution is 2.24. The predicted molar refractivity (Wildman–Crippen MR) is 75.0 cm³/mol. The lowest BCUT2D eigenvalue weighted by molar-refractivity contribution is 0.231. The van der Waals surface area contributed by atoms with Crippen LogP contribution in [0.25, 0.3) is 0 Å². The van der Waals surface area contributed by atoms with Gasteiger partial charge in [-0.3, -0.25) is 0 Å². The summed E-state index contributed by atoms with van der Waals surface area (Å²) in [5.41, 5.74) is 5.81. The Morgan fingerprint density at radius 3 is 2.22 bits per heavy atom. The number of hydrogen-bond donors (Lipinski definition) is 1. The second-order valence-corrected chi connectivity index (χ2v) is 7.08. The maximum Gasteiger partial charge on any atom is 0.282 e. The molecule has 18 heavy (non-hydrogen) atoms. The molecule has 2 N–H and O–H groups in total. The quantitative estimate of drug-likeness (QED) is 0.825. The number of halogens is 1. The van der Waals surface area contributed by atoms with Gasteiger partial charge in [0, 0.05) is 31.7 Å². The molecular weight excluding hydrogens is 274 g/mol. The molecule has 2 saturated heterocycles. The van der Waals surface area contributed by atoms with E-state index in [9.17, 15) is 8.42 Å². The molecule has 0 bridgehead atoms. The fourth-order valence-corrected chi connectivity index (χ4v) is 4.56.